The maximum Gasteiger partial charge on any atom is 0.306 e. The summed E-state index contributed by atoms with van der Waals surface area (Å²) in [7, 11) is 0. The summed E-state index contributed by atoms with van der Waals surface area (Å²) in [6.07, 6.45) is 84.0. The van der Waals surface area contributed by atoms with Gasteiger partial charge in [0.25, 0.3) is 0 Å². The van der Waals surface area contributed by atoms with Gasteiger partial charge < -0.3 is 14.2 Å². The van der Waals surface area contributed by atoms with Crippen molar-refractivity contribution in [3.05, 3.63) is 109 Å². The van der Waals surface area contributed by atoms with E-state index in [0.29, 0.717) is 19.3 Å². The third-order valence-corrected chi connectivity index (χ3v) is 13.0. The first-order chi connectivity index (χ1) is 36.5. The average Bonchev–Trinajstić information content (AvgIpc) is 3.40. The molecule has 0 saturated heterocycles. The van der Waals surface area contributed by atoms with Crippen molar-refractivity contribution in [1.82, 2.24) is 0 Å². The Bertz CT molecular complexity index is 1510. The van der Waals surface area contributed by atoms with E-state index in [2.05, 4.69) is 130 Å². The van der Waals surface area contributed by atoms with Crippen LogP contribution >= 0.6 is 0 Å². The van der Waals surface area contributed by atoms with Crippen molar-refractivity contribution in [2.24, 2.45) is 0 Å². The van der Waals surface area contributed by atoms with E-state index in [0.717, 1.165) is 128 Å². The predicted octanol–water partition coefficient (Wildman–Crippen LogP) is 21.0. The Morgan fingerprint density at radius 3 is 0.838 bits per heavy atom. The number of hydrogen-bond acceptors (Lipinski definition) is 6. The number of carbonyl (C=O) groups excluding carboxylic acids is 3. The van der Waals surface area contributed by atoms with Crippen molar-refractivity contribution in [1.29, 1.82) is 0 Å². The molecular formula is C68H114O6. The Balaban J connectivity index is 4.11. The number of esters is 3. The summed E-state index contributed by atoms with van der Waals surface area (Å²) >= 11 is 0. The highest BCUT2D eigenvalue weighted by Gasteiger charge is 2.19. The molecule has 422 valence electrons. The maximum atomic E-state index is 12.8. The molecule has 0 aliphatic carbocycles. The van der Waals surface area contributed by atoms with Crippen LogP contribution in [0.3, 0.4) is 0 Å². The molecule has 0 aliphatic rings. The summed E-state index contributed by atoms with van der Waals surface area (Å²) in [6, 6.07) is 0. The van der Waals surface area contributed by atoms with Crippen molar-refractivity contribution < 1.29 is 28.6 Å². The van der Waals surface area contributed by atoms with Crippen molar-refractivity contribution in [3.63, 3.8) is 0 Å². The van der Waals surface area contributed by atoms with Crippen molar-refractivity contribution in [2.45, 2.75) is 290 Å². The molecule has 1 atom stereocenters. The van der Waals surface area contributed by atoms with Crippen LogP contribution in [0.5, 0.6) is 0 Å². The molecule has 0 amide bonds. The lowest BCUT2D eigenvalue weighted by Gasteiger charge is -2.18. The molecule has 0 fully saturated rings. The molecular weight excluding hydrogens is 913 g/mol. The first-order valence-electron chi connectivity index (χ1n) is 30.9. The van der Waals surface area contributed by atoms with Gasteiger partial charge in [-0.1, -0.05) is 265 Å². The summed E-state index contributed by atoms with van der Waals surface area (Å²) in [6.45, 7) is 6.46. The molecule has 0 rings (SSSR count). The van der Waals surface area contributed by atoms with Crippen molar-refractivity contribution in [3.8, 4) is 0 Å². The fraction of sp³-hybridized carbons (Fsp3) is 0.691. The van der Waals surface area contributed by atoms with Crippen molar-refractivity contribution >= 4 is 17.9 Å². The molecule has 0 bridgehead atoms. The van der Waals surface area contributed by atoms with Gasteiger partial charge in [-0.05, 0) is 109 Å². The fourth-order valence-electron chi connectivity index (χ4n) is 8.39. The Kier molecular flexibility index (Phi) is 58.3. The topological polar surface area (TPSA) is 78.9 Å². The van der Waals surface area contributed by atoms with Gasteiger partial charge in [-0.25, -0.2) is 0 Å². The SMILES string of the molecule is CC/C=C\C/C=C\C/C=C\C/C=C\C/C=C\C/C=C\C/C=C\CCCCCCCCCCCCCC(=O)OCC(COC(=O)CCCCCCCCC)OC(=O)CCCCCCC/C=C\C/C=C\CCCCCC. The van der Waals surface area contributed by atoms with E-state index < -0.39 is 6.10 Å². The van der Waals surface area contributed by atoms with Gasteiger partial charge >= 0.3 is 17.9 Å². The summed E-state index contributed by atoms with van der Waals surface area (Å²) in [4.78, 5) is 38.0. The number of carbonyl (C=O) groups is 3. The van der Waals surface area contributed by atoms with Crippen LogP contribution in [0, 0.1) is 0 Å². The molecule has 6 heteroatoms. The molecule has 0 saturated carbocycles. The zero-order chi connectivity index (χ0) is 53.6. The molecule has 0 aromatic rings. The van der Waals surface area contributed by atoms with Crippen LogP contribution in [-0.2, 0) is 28.6 Å². The largest absolute Gasteiger partial charge is 0.462 e. The summed E-state index contributed by atoms with van der Waals surface area (Å²) in [5.41, 5.74) is 0. The van der Waals surface area contributed by atoms with Gasteiger partial charge in [-0.2, -0.15) is 0 Å². The minimum Gasteiger partial charge on any atom is -0.462 e. The quantitative estimate of drug-likeness (QED) is 0.0261. The highest BCUT2D eigenvalue weighted by atomic mass is 16.6. The number of hydrogen-bond donors (Lipinski definition) is 0. The summed E-state index contributed by atoms with van der Waals surface area (Å²) in [5, 5.41) is 0. The number of allylic oxidation sites excluding steroid dienone is 18. The van der Waals surface area contributed by atoms with E-state index in [-0.39, 0.29) is 31.1 Å². The van der Waals surface area contributed by atoms with Crippen LogP contribution in [0.15, 0.2) is 109 Å². The summed E-state index contributed by atoms with van der Waals surface area (Å²) < 4.78 is 16.8. The Hall–Kier alpha value is -3.93. The Morgan fingerprint density at radius 2 is 0.527 bits per heavy atom. The first kappa shape index (κ1) is 70.1. The van der Waals surface area contributed by atoms with Crippen LogP contribution in [0.1, 0.15) is 284 Å². The molecule has 1 unspecified atom stereocenters. The molecule has 74 heavy (non-hydrogen) atoms. The number of unbranched alkanes of at least 4 members (excludes halogenated alkanes) is 26. The Labute approximate surface area is 457 Å². The third kappa shape index (κ3) is 59.0. The van der Waals surface area contributed by atoms with E-state index in [4.69, 9.17) is 14.2 Å². The summed E-state index contributed by atoms with van der Waals surface area (Å²) in [5.74, 6) is -0.903. The third-order valence-electron chi connectivity index (χ3n) is 13.0. The molecule has 0 aliphatic heterocycles. The van der Waals surface area contributed by atoms with E-state index in [9.17, 15) is 14.4 Å². The van der Waals surface area contributed by atoms with Crippen LogP contribution < -0.4 is 0 Å². The van der Waals surface area contributed by atoms with E-state index in [1.165, 1.54) is 116 Å². The van der Waals surface area contributed by atoms with Crippen LogP contribution in [-0.4, -0.2) is 37.2 Å². The molecule has 0 heterocycles. The molecule has 6 nitrogen and oxygen atoms in total. The molecule has 0 aromatic heterocycles. The van der Waals surface area contributed by atoms with Gasteiger partial charge in [-0.15, -0.1) is 0 Å². The van der Waals surface area contributed by atoms with Gasteiger partial charge in [0.15, 0.2) is 6.10 Å². The fourth-order valence-corrected chi connectivity index (χ4v) is 8.39. The lowest BCUT2D eigenvalue weighted by atomic mass is 10.0. The van der Waals surface area contributed by atoms with Crippen LogP contribution in [0.2, 0.25) is 0 Å². The predicted molar refractivity (Wildman–Crippen MR) is 320 cm³/mol. The molecule has 0 N–H and O–H groups in total. The zero-order valence-corrected chi connectivity index (χ0v) is 48.3. The van der Waals surface area contributed by atoms with Crippen molar-refractivity contribution in [2.75, 3.05) is 13.2 Å². The molecule has 0 radical (unpaired) electrons. The van der Waals surface area contributed by atoms with Gasteiger partial charge in [0.1, 0.15) is 13.2 Å². The first-order valence-corrected chi connectivity index (χ1v) is 30.9. The van der Waals surface area contributed by atoms with Gasteiger partial charge in [0.2, 0.25) is 0 Å². The second-order valence-electron chi connectivity index (χ2n) is 20.2. The Morgan fingerprint density at radius 1 is 0.284 bits per heavy atom. The highest BCUT2D eigenvalue weighted by Crippen LogP contribution is 2.15. The monoisotopic (exact) mass is 1030 g/mol. The standard InChI is InChI=1S/C68H114O6/c1-4-7-10-13-16-18-20-22-24-26-27-28-29-30-31-32-33-34-35-36-37-38-39-40-41-42-44-45-47-49-52-55-58-61-67(70)73-64-65(63-72-66(69)60-57-54-51-15-12-9-6-3)74-68(71)62-59-56-53-50-48-46-43-25-23-21-19-17-14-11-8-5-2/h7,10,16,18-19,21-22,24-25,27-28,30-31,33-34,36-37,43,65H,4-6,8-9,11-15,17,20,23,26,29,32,35,38-42,44-64H2,1-3H3/b10-7-,18-16-,21-19-,24-22-,28-27-,31-30-,34-33-,37-36-,43-25-. The van der Waals surface area contributed by atoms with Gasteiger partial charge in [-0.3, -0.25) is 14.4 Å². The smallest absolute Gasteiger partial charge is 0.306 e. The van der Waals surface area contributed by atoms with E-state index >= 15 is 0 Å². The van der Waals surface area contributed by atoms with Gasteiger partial charge in [0, 0.05) is 19.3 Å². The van der Waals surface area contributed by atoms with Crippen LogP contribution in [0.25, 0.3) is 0 Å². The maximum absolute atomic E-state index is 12.8. The minimum absolute atomic E-state index is 0.0831. The average molecular weight is 1030 g/mol. The second-order valence-corrected chi connectivity index (χ2v) is 20.2. The molecule has 0 spiro atoms. The zero-order valence-electron chi connectivity index (χ0n) is 48.3. The van der Waals surface area contributed by atoms with E-state index in [1.54, 1.807) is 0 Å². The number of ether oxygens (including phenoxy) is 3. The second kappa shape index (κ2) is 61.6. The van der Waals surface area contributed by atoms with Crippen LogP contribution in [0.4, 0.5) is 0 Å². The number of rotatable bonds is 55. The van der Waals surface area contributed by atoms with E-state index in [1.807, 2.05) is 0 Å². The normalized spacial score (nSPS) is 12.9. The van der Waals surface area contributed by atoms with Gasteiger partial charge in [0.05, 0.1) is 0 Å². The lowest BCUT2D eigenvalue weighted by molar-refractivity contribution is -0.167. The lowest BCUT2D eigenvalue weighted by Crippen LogP contribution is -2.30. The minimum atomic E-state index is -0.784. The highest BCUT2D eigenvalue weighted by molar-refractivity contribution is 5.71. The molecule has 0 aromatic carbocycles.